The van der Waals surface area contributed by atoms with Crippen LogP contribution in [0.1, 0.15) is 17.2 Å². The zero-order valence-corrected chi connectivity index (χ0v) is 12.1. The van der Waals surface area contributed by atoms with Crippen LogP contribution in [0, 0.1) is 6.92 Å². The molecule has 0 radical (unpaired) electrons. The summed E-state index contributed by atoms with van der Waals surface area (Å²) in [5, 5.41) is 12.9. The Balaban J connectivity index is 1.89. The Labute approximate surface area is 120 Å². The standard InChI is InChI=1S/C15H14BrNO2/c1-9-12(16)3-2-4-13(9)17-14-8-19-15-7-10(18)5-6-11(14)15/h2-7,14,17-18H,8H2,1H3. The van der Waals surface area contributed by atoms with Crippen LogP contribution in [0.3, 0.4) is 0 Å². The lowest BCUT2D eigenvalue weighted by molar-refractivity contribution is 0.338. The molecule has 0 spiro atoms. The second-order valence-corrected chi connectivity index (χ2v) is 5.50. The van der Waals surface area contributed by atoms with Crippen LogP contribution in [-0.4, -0.2) is 11.7 Å². The number of fused-ring (bicyclic) bond motifs is 1. The van der Waals surface area contributed by atoms with Crippen molar-refractivity contribution in [1.29, 1.82) is 0 Å². The van der Waals surface area contributed by atoms with E-state index in [2.05, 4.69) is 34.2 Å². The summed E-state index contributed by atoms with van der Waals surface area (Å²) in [6, 6.07) is 11.5. The first kappa shape index (κ1) is 12.4. The number of anilines is 1. The molecule has 0 saturated heterocycles. The Bertz CT molecular complexity index is 628. The van der Waals surface area contributed by atoms with E-state index >= 15 is 0 Å². The van der Waals surface area contributed by atoms with Gasteiger partial charge < -0.3 is 15.2 Å². The second kappa shape index (κ2) is 4.78. The van der Waals surface area contributed by atoms with E-state index in [1.165, 1.54) is 5.56 Å². The Morgan fingerprint density at radius 2 is 2.16 bits per heavy atom. The van der Waals surface area contributed by atoms with Gasteiger partial charge in [0, 0.05) is 21.8 Å². The van der Waals surface area contributed by atoms with Crippen molar-refractivity contribution < 1.29 is 9.84 Å². The normalized spacial score (nSPS) is 16.8. The van der Waals surface area contributed by atoms with Crippen LogP contribution in [-0.2, 0) is 0 Å². The van der Waals surface area contributed by atoms with Crippen LogP contribution in [0.25, 0.3) is 0 Å². The average Bonchev–Trinajstić information content (AvgIpc) is 2.77. The molecule has 2 aromatic carbocycles. The molecule has 0 fully saturated rings. The van der Waals surface area contributed by atoms with Gasteiger partial charge >= 0.3 is 0 Å². The van der Waals surface area contributed by atoms with Crippen LogP contribution >= 0.6 is 15.9 Å². The number of aromatic hydroxyl groups is 1. The molecular weight excluding hydrogens is 306 g/mol. The van der Waals surface area contributed by atoms with E-state index in [0.717, 1.165) is 21.5 Å². The maximum Gasteiger partial charge on any atom is 0.128 e. The fourth-order valence-electron chi connectivity index (χ4n) is 2.27. The highest BCUT2D eigenvalue weighted by molar-refractivity contribution is 9.10. The SMILES string of the molecule is Cc1c(Br)cccc1NC1COc2cc(O)ccc21. The molecule has 2 aromatic rings. The molecule has 1 aliphatic heterocycles. The fraction of sp³-hybridized carbons (Fsp3) is 0.200. The van der Waals surface area contributed by atoms with Gasteiger partial charge in [0.25, 0.3) is 0 Å². The number of benzene rings is 2. The van der Waals surface area contributed by atoms with Crippen LogP contribution in [0.4, 0.5) is 5.69 Å². The number of hydrogen-bond donors (Lipinski definition) is 2. The van der Waals surface area contributed by atoms with Crippen molar-refractivity contribution in [1.82, 2.24) is 0 Å². The molecule has 1 aliphatic rings. The molecule has 4 heteroatoms. The Kier molecular flexibility index (Phi) is 3.11. The van der Waals surface area contributed by atoms with Crippen molar-refractivity contribution in [2.24, 2.45) is 0 Å². The van der Waals surface area contributed by atoms with Gasteiger partial charge in [-0.2, -0.15) is 0 Å². The molecule has 98 valence electrons. The van der Waals surface area contributed by atoms with Crippen molar-refractivity contribution in [3.05, 3.63) is 52.0 Å². The average molecular weight is 320 g/mol. The minimum atomic E-state index is 0.114. The molecular formula is C15H14BrNO2. The van der Waals surface area contributed by atoms with E-state index in [9.17, 15) is 5.11 Å². The van der Waals surface area contributed by atoms with Gasteiger partial charge in [0.15, 0.2) is 0 Å². The van der Waals surface area contributed by atoms with Crippen molar-refractivity contribution in [3.8, 4) is 11.5 Å². The van der Waals surface area contributed by atoms with Crippen molar-refractivity contribution in [2.45, 2.75) is 13.0 Å². The van der Waals surface area contributed by atoms with Gasteiger partial charge in [0.05, 0.1) is 6.04 Å². The lowest BCUT2D eigenvalue weighted by atomic mass is 10.1. The molecule has 0 saturated carbocycles. The molecule has 0 bridgehead atoms. The number of halogens is 1. The zero-order valence-electron chi connectivity index (χ0n) is 10.5. The predicted octanol–water partition coefficient (Wildman–Crippen LogP) is 4.01. The van der Waals surface area contributed by atoms with Crippen LogP contribution in [0.15, 0.2) is 40.9 Å². The van der Waals surface area contributed by atoms with Gasteiger partial charge in [-0.25, -0.2) is 0 Å². The summed E-state index contributed by atoms with van der Waals surface area (Å²) >= 11 is 3.53. The third-order valence-electron chi connectivity index (χ3n) is 3.38. The predicted molar refractivity (Wildman–Crippen MR) is 78.8 cm³/mol. The third-order valence-corrected chi connectivity index (χ3v) is 4.23. The van der Waals surface area contributed by atoms with Crippen molar-refractivity contribution in [3.63, 3.8) is 0 Å². The number of nitrogens with one attached hydrogen (secondary N) is 1. The Morgan fingerprint density at radius 1 is 1.32 bits per heavy atom. The molecule has 1 atom stereocenters. The van der Waals surface area contributed by atoms with E-state index in [1.807, 2.05) is 18.2 Å². The number of phenols is 1. The van der Waals surface area contributed by atoms with Crippen LogP contribution in [0.2, 0.25) is 0 Å². The highest BCUT2D eigenvalue weighted by atomic mass is 79.9. The van der Waals surface area contributed by atoms with Crippen LogP contribution < -0.4 is 10.1 Å². The van der Waals surface area contributed by atoms with E-state index in [0.29, 0.717) is 6.61 Å². The minimum Gasteiger partial charge on any atom is -0.508 e. The lowest BCUT2D eigenvalue weighted by Crippen LogP contribution is -2.12. The summed E-state index contributed by atoms with van der Waals surface area (Å²) < 4.78 is 6.69. The highest BCUT2D eigenvalue weighted by Crippen LogP contribution is 2.37. The van der Waals surface area contributed by atoms with Gasteiger partial charge in [-0.3, -0.25) is 0 Å². The van der Waals surface area contributed by atoms with E-state index in [1.54, 1.807) is 12.1 Å². The summed E-state index contributed by atoms with van der Waals surface area (Å²) in [4.78, 5) is 0. The van der Waals surface area contributed by atoms with Gasteiger partial charge in [0.1, 0.15) is 18.1 Å². The minimum absolute atomic E-state index is 0.114. The van der Waals surface area contributed by atoms with Crippen LogP contribution in [0.5, 0.6) is 11.5 Å². The van der Waals surface area contributed by atoms with E-state index in [4.69, 9.17) is 4.74 Å². The van der Waals surface area contributed by atoms with Gasteiger partial charge in [-0.15, -0.1) is 0 Å². The molecule has 1 unspecified atom stereocenters. The highest BCUT2D eigenvalue weighted by Gasteiger charge is 2.24. The first-order valence-electron chi connectivity index (χ1n) is 6.12. The number of hydrogen-bond acceptors (Lipinski definition) is 3. The molecule has 3 nitrogen and oxygen atoms in total. The van der Waals surface area contributed by atoms with Crippen molar-refractivity contribution in [2.75, 3.05) is 11.9 Å². The summed E-state index contributed by atoms with van der Waals surface area (Å²) in [6.07, 6.45) is 0. The summed E-state index contributed by atoms with van der Waals surface area (Å²) in [6.45, 7) is 2.64. The maximum atomic E-state index is 9.45. The van der Waals surface area contributed by atoms with Gasteiger partial charge in [-0.1, -0.05) is 22.0 Å². The summed E-state index contributed by atoms with van der Waals surface area (Å²) in [5.74, 6) is 0.989. The van der Waals surface area contributed by atoms with Crippen molar-refractivity contribution >= 4 is 21.6 Å². The Hall–Kier alpha value is -1.68. The molecule has 2 N–H and O–H groups in total. The smallest absolute Gasteiger partial charge is 0.128 e. The first-order valence-corrected chi connectivity index (χ1v) is 6.92. The van der Waals surface area contributed by atoms with Gasteiger partial charge in [0.2, 0.25) is 0 Å². The maximum absolute atomic E-state index is 9.45. The molecule has 19 heavy (non-hydrogen) atoms. The topological polar surface area (TPSA) is 41.5 Å². The molecule has 1 heterocycles. The summed E-state index contributed by atoms with van der Waals surface area (Å²) in [5.41, 5.74) is 3.34. The molecule has 3 rings (SSSR count). The van der Waals surface area contributed by atoms with E-state index < -0.39 is 0 Å². The zero-order chi connectivity index (χ0) is 13.4. The third kappa shape index (κ3) is 2.28. The molecule has 0 amide bonds. The number of phenolic OH excluding ortho intramolecular Hbond substituents is 1. The molecule has 0 aromatic heterocycles. The van der Waals surface area contributed by atoms with Gasteiger partial charge in [-0.05, 0) is 36.8 Å². The second-order valence-electron chi connectivity index (χ2n) is 4.64. The first-order chi connectivity index (χ1) is 9.15. The Morgan fingerprint density at radius 3 is 3.00 bits per heavy atom. The van der Waals surface area contributed by atoms with E-state index in [-0.39, 0.29) is 11.8 Å². The largest absolute Gasteiger partial charge is 0.508 e. The monoisotopic (exact) mass is 319 g/mol. The quantitative estimate of drug-likeness (QED) is 0.878. The number of rotatable bonds is 2. The summed E-state index contributed by atoms with van der Waals surface area (Å²) in [7, 11) is 0. The fourth-order valence-corrected chi connectivity index (χ4v) is 2.64. The number of ether oxygens (including phenoxy) is 1. The lowest BCUT2D eigenvalue weighted by Gasteiger charge is -2.16. The molecule has 0 aliphatic carbocycles.